The Hall–Kier alpha value is -0.0800. The molecular formula is C14H36O2. The molecule has 0 saturated heterocycles. The second-order valence-corrected chi connectivity index (χ2v) is 4.53. The Kier molecular flexibility index (Phi) is 45.8. The van der Waals surface area contributed by atoms with E-state index in [1.165, 1.54) is 25.7 Å². The first kappa shape index (κ1) is 24.9. The van der Waals surface area contributed by atoms with Gasteiger partial charge in [0.2, 0.25) is 0 Å². The van der Waals surface area contributed by atoms with Crippen molar-refractivity contribution in [2.75, 3.05) is 7.11 Å². The summed E-state index contributed by atoms with van der Waals surface area (Å²) in [4.78, 5) is 0. The minimum atomic E-state index is -0.167. The summed E-state index contributed by atoms with van der Waals surface area (Å²) in [5.74, 6) is 0.833. The summed E-state index contributed by atoms with van der Waals surface area (Å²) in [6, 6.07) is 0. The first-order chi connectivity index (χ1) is 7.38. The molecular weight excluding hydrogens is 200 g/mol. The molecule has 0 radical (unpaired) electrons. The molecule has 0 spiro atoms. The summed E-state index contributed by atoms with van der Waals surface area (Å²) in [7, 11) is 1.00. The van der Waals surface area contributed by atoms with E-state index in [9.17, 15) is 0 Å². The van der Waals surface area contributed by atoms with E-state index in [0.717, 1.165) is 13.0 Å². The third-order valence-corrected chi connectivity index (χ3v) is 0.957. The monoisotopic (exact) mass is 236 g/mol. The van der Waals surface area contributed by atoms with Gasteiger partial charge in [-0.05, 0) is 19.8 Å². The first-order valence-electron chi connectivity index (χ1n) is 6.51. The Balaban J connectivity index is -0.0000000643. The topological polar surface area (TPSA) is 40.5 Å². The quantitative estimate of drug-likeness (QED) is 0.719. The lowest BCUT2D eigenvalue weighted by Crippen LogP contribution is -1.85. The second kappa shape index (κ2) is 29.4. The van der Waals surface area contributed by atoms with Gasteiger partial charge in [0.05, 0.1) is 0 Å². The van der Waals surface area contributed by atoms with Gasteiger partial charge in [-0.15, -0.1) is 0 Å². The van der Waals surface area contributed by atoms with Crippen molar-refractivity contribution < 1.29 is 10.2 Å². The van der Waals surface area contributed by atoms with Gasteiger partial charge >= 0.3 is 0 Å². The van der Waals surface area contributed by atoms with E-state index >= 15 is 0 Å². The minimum Gasteiger partial charge on any atom is -0.400 e. The molecule has 0 heterocycles. The van der Waals surface area contributed by atoms with Crippen molar-refractivity contribution >= 4 is 0 Å². The van der Waals surface area contributed by atoms with Gasteiger partial charge in [0, 0.05) is 13.2 Å². The van der Waals surface area contributed by atoms with Crippen molar-refractivity contribution in [2.24, 2.45) is 5.92 Å². The van der Waals surface area contributed by atoms with Crippen LogP contribution in [0.3, 0.4) is 0 Å². The maximum atomic E-state index is 8.06. The summed E-state index contributed by atoms with van der Waals surface area (Å²) >= 11 is 0. The number of unbranched alkanes of at least 4 members (excludes halogenated alkanes) is 3. The van der Waals surface area contributed by atoms with Crippen LogP contribution in [0.2, 0.25) is 0 Å². The zero-order valence-electron chi connectivity index (χ0n) is 12.9. The number of aliphatic hydroxyl groups excluding tert-OH is 2. The molecule has 0 saturated carbocycles. The van der Waals surface area contributed by atoms with Crippen molar-refractivity contribution in [3.8, 4) is 0 Å². The number of aliphatic hydroxyl groups is 2. The largest absolute Gasteiger partial charge is 0.400 e. The molecule has 0 bridgehead atoms. The zero-order valence-corrected chi connectivity index (χ0v) is 12.9. The summed E-state index contributed by atoms with van der Waals surface area (Å²) < 4.78 is 0. The maximum Gasteiger partial charge on any atom is 0.0483 e. The van der Waals surface area contributed by atoms with Crippen LogP contribution in [0.4, 0.5) is 0 Å². The summed E-state index contributed by atoms with van der Waals surface area (Å²) in [6.45, 7) is 14.4. The maximum absolute atomic E-state index is 8.06. The predicted octanol–water partition coefficient (Wildman–Crippen LogP) is 4.24. The van der Waals surface area contributed by atoms with Gasteiger partial charge in [-0.2, -0.15) is 0 Å². The Morgan fingerprint density at radius 1 is 0.750 bits per heavy atom. The Morgan fingerprint density at radius 2 is 0.875 bits per heavy atom. The summed E-state index contributed by atoms with van der Waals surface area (Å²) in [6.07, 6.45) is 5.37. The van der Waals surface area contributed by atoms with Crippen molar-refractivity contribution in [1.29, 1.82) is 0 Å². The SMILES string of the molecule is CC(C)C.CC(C)O.CCCCCC.CO. The number of hydrogen-bond acceptors (Lipinski definition) is 2. The summed E-state index contributed by atoms with van der Waals surface area (Å²) in [5.41, 5.74) is 0. The van der Waals surface area contributed by atoms with Crippen LogP contribution in [-0.2, 0) is 0 Å². The molecule has 0 aromatic rings. The zero-order chi connectivity index (χ0) is 14.0. The van der Waals surface area contributed by atoms with Crippen LogP contribution < -0.4 is 0 Å². The van der Waals surface area contributed by atoms with Gasteiger partial charge < -0.3 is 10.2 Å². The molecule has 0 aromatic carbocycles. The highest BCUT2D eigenvalue weighted by Gasteiger charge is 1.75. The van der Waals surface area contributed by atoms with Gasteiger partial charge in [0.25, 0.3) is 0 Å². The van der Waals surface area contributed by atoms with Crippen molar-refractivity contribution in [3.63, 3.8) is 0 Å². The highest BCUT2D eigenvalue weighted by atomic mass is 16.3. The van der Waals surface area contributed by atoms with E-state index in [4.69, 9.17) is 10.2 Å². The fourth-order valence-electron chi connectivity index (χ4n) is 0.500. The third-order valence-electron chi connectivity index (χ3n) is 0.957. The van der Waals surface area contributed by atoms with Crippen LogP contribution in [-0.4, -0.2) is 23.4 Å². The smallest absolute Gasteiger partial charge is 0.0483 e. The molecule has 0 aromatic heterocycles. The summed E-state index contributed by atoms with van der Waals surface area (Å²) in [5, 5.41) is 15.1. The molecule has 0 amide bonds. The number of rotatable bonds is 3. The molecule has 0 fully saturated rings. The van der Waals surface area contributed by atoms with Crippen LogP contribution in [0.1, 0.15) is 74.1 Å². The van der Waals surface area contributed by atoms with Crippen LogP contribution in [0.5, 0.6) is 0 Å². The second-order valence-electron chi connectivity index (χ2n) is 4.53. The minimum absolute atomic E-state index is 0.167. The van der Waals surface area contributed by atoms with Crippen LogP contribution >= 0.6 is 0 Å². The molecule has 2 N–H and O–H groups in total. The Bertz CT molecular complexity index is 55.6. The number of hydrogen-bond donors (Lipinski definition) is 2. The average molecular weight is 236 g/mol. The lowest BCUT2D eigenvalue weighted by molar-refractivity contribution is 0.216. The highest BCUT2D eigenvalue weighted by Crippen LogP contribution is 1.95. The molecule has 2 heteroatoms. The standard InChI is InChI=1S/C6H14.C4H10.C3H8O.CH4O/c1-3-5-6-4-2;1-4(2)3;1-3(2)4;1-2/h3-6H2,1-2H3;4H,1-3H3;3-4H,1-2H3;2H,1H3. The predicted molar refractivity (Wildman–Crippen MR) is 75.8 cm³/mol. The molecule has 104 valence electrons. The van der Waals surface area contributed by atoms with E-state index in [1.54, 1.807) is 13.8 Å². The first-order valence-corrected chi connectivity index (χ1v) is 6.51. The normalized spacial score (nSPS) is 8.25. The lowest BCUT2D eigenvalue weighted by atomic mass is 10.2. The van der Waals surface area contributed by atoms with Crippen LogP contribution in [0.25, 0.3) is 0 Å². The van der Waals surface area contributed by atoms with Gasteiger partial charge in [0.1, 0.15) is 0 Å². The molecule has 16 heavy (non-hydrogen) atoms. The van der Waals surface area contributed by atoms with Crippen LogP contribution in [0, 0.1) is 5.92 Å². The van der Waals surface area contributed by atoms with Crippen molar-refractivity contribution in [2.45, 2.75) is 80.3 Å². The lowest BCUT2D eigenvalue weighted by Gasteiger charge is -1.86. The van der Waals surface area contributed by atoms with Crippen molar-refractivity contribution in [1.82, 2.24) is 0 Å². The van der Waals surface area contributed by atoms with Gasteiger partial charge in [0.15, 0.2) is 0 Å². The fourth-order valence-corrected chi connectivity index (χ4v) is 0.500. The molecule has 0 aliphatic heterocycles. The van der Waals surface area contributed by atoms with Crippen molar-refractivity contribution in [3.05, 3.63) is 0 Å². The third kappa shape index (κ3) is 273. The van der Waals surface area contributed by atoms with Crippen LogP contribution in [0.15, 0.2) is 0 Å². The molecule has 0 aliphatic carbocycles. The molecule has 0 aliphatic rings. The molecule has 0 atom stereocenters. The van der Waals surface area contributed by atoms with Gasteiger partial charge in [-0.3, -0.25) is 0 Å². The molecule has 2 nitrogen and oxygen atoms in total. The average Bonchev–Trinajstić information content (AvgIpc) is 2.16. The van der Waals surface area contributed by atoms with E-state index in [2.05, 4.69) is 34.6 Å². The van der Waals surface area contributed by atoms with E-state index in [-0.39, 0.29) is 6.10 Å². The van der Waals surface area contributed by atoms with Gasteiger partial charge in [-0.1, -0.05) is 60.3 Å². The fraction of sp³-hybridized carbons (Fsp3) is 1.00. The van der Waals surface area contributed by atoms with Gasteiger partial charge in [-0.25, -0.2) is 0 Å². The molecule has 0 unspecified atom stereocenters. The highest BCUT2D eigenvalue weighted by molar-refractivity contribution is 4.31. The van der Waals surface area contributed by atoms with E-state index in [0.29, 0.717) is 0 Å². The van der Waals surface area contributed by atoms with E-state index in [1.807, 2.05) is 0 Å². The van der Waals surface area contributed by atoms with E-state index < -0.39 is 0 Å². The molecule has 0 rings (SSSR count). The Labute approximate surface area is 104 Å². The Morgan fingerprint density at radius 3 is 0.938 bits per heavy atom.